The van der Waals surface area contributed by atoms with Crippen LogP contribution >= 0.6 is 11.6 Å². The Kier molecular flexibility index (Phi) is 5.07. The lowest BCUT2D eigenvalue weighted by Crippen LogP contribution is -2.15. The van der Waals surface area contributed by atoms with Crippen LogP contribution in [0.15, 0.2) is 41.2 Å². The summed E-state index contributed by atoms with van der Waals surface area (Å²) in [4.78, 5) is 34.4. The number of aromatic amines is 1. The highest BCUT2D eigenvalue weighted by molar-refractivity contribution is 6.33. The Hall–Kier alpha value is -3.19. The molecule has 2 N–H and O–H groups in total. The molecule has 1 saturated carbocycles. The predicted molar refractivity (Wildman–Crippen MR) is 108 cm³/mol. The smallest absolute Gasteiger partial charge is 0.348 e. The van der Waals surface area contributed by atoms with Crippen LogP contribution in [0.3, 0.4) is 0 Å². The van der Waals surface area contributed by atoms with Gasteiger partial charge in [-0.2, -0.15) is 4.98 Å². The molecule has 4 rings (SSSR count). The molecule has 0 bridgehead atoms. The molecule has 1 aliphatic carbocycles. The number of nitrogens with one attached hydrogen (secondary N) is 1. The molecule has 148 valence electrons. The number of hydrogen-bond donors (Lipinski definition) is 2. The Bertz CT molecular complexity index is 1140. The normalized spacial score (nSPS) is 13.3. The molecule has 1 heterocycles. The Morgan fingerprint density at radius 1 is 1.24 bits per heavy atom. The van der Waals surface area contributed by atoms with Crippen LogP contribution in [0.5, 0.6) is 5.75 Å². The number of carbonyl (C=O) groups is 1. The van der Waals surface area contributed by atoms with Crippen LogP contribution in [0.4, 0.5) is 0 Å². The van der Waals surface area contributed by atoms with Crippen molar-refractivity contribution < 1.29 is 14.6 Å². The summed E-state index contributed by atoms with van der Waals surface area (Å²) in [5.41, 5.74) is 0.956. The van der Waals surface area contributed by atoms with Gasteiger partial charge in [0.15, 0.2) is 5.82 Å². The Labute approximate surface area is 171 Å². The average Bonchev–Trinajstić information content (AvgIpc) is 3.50. The number of aromatic nitrogens is 3. The van der Waals surface area contributed by atoms with Crippen molar-refractivity contribution in [1.82, 2.24) is 15.0 Å². The number of aromatic carboxylic acids is 1. The molecule has 8 heteroatoms. The number of hydrogen-bond acceptors (Lipinski definition) is 5. The second-order valence-electron chi connectivity index (χ2n) is 7.06. The van der Waals surface area contributed by atoms with Crippen LogP contribution in [-0.2, 0) is 0 Å². The van der Waals surface area contributed by atoms with E-state index in [1.54, 1.807) is 19.1 Å². The van der Waals surface area contributed by atoms with Gasteiger partial charge in [0, 0.05) is 11.1 Å². The molecular formula is C21H18ClN3O4. The van der Waals surface area contributed by atoms with Crippen molar-refractivity contribution in [2.45, 2.75) is 19.8 Å². The zero-order chi connectivity index (χ0) is 20.5. The molecule has 2 aromatic carbocycles. The number of carboxylic acid groups (broad SMARTS) is 1. The third-order valence-electron chi connectivity index (χ3n) is 4.75. The van der Waals surface area contributed by atoms with E-state index in [4.69, 9.17) is 16.3 Å². The first-order valence-electron chi connectivity index (χ1n) is 9.16. The van der Waals surface area contributed by atoms with Crippen molar-refractivity contribution in [3.05, 3.63) is 63.0 Å². The van der Waals surface area contributed by atoms with Crippen molar-refractivity contribution in [3.63, 3.8) is 0 Å². The van der Waals surface area contributed by atoms with Crippen LogP contribution in [0.2, 0.25) is 5.02 Å². The molecule has 0 unspecified atom stereocenters. The molecule has 0 atom stereocenters. The van der Waals surface area contributed by atoms with Crippen molar-refractivity contribution in [2.24, 2.45) is 5.92 Å². The standard InChI is InChI=1S/C21H18ClN3O4/c1-11-8-17(22)16(9-15(11)20(26)27)19-23-18(24-21(28)25-19)13-4-6-14(7-5-13)29-10-12-2-3-12/h4-9,12H,2-3,10H2,1H3,(H,26,27)(H,23,24,25,28). The van der Waals surface area contributed by atoms with Crippen molar-refractivity contribution in [2.75, 3.05) is 6.61 Å². The van der Waals surface area contributed by atoms with Crippen molar-refractivity contribution in [3.8, 4) is 28.5 Å². The number of aryl methyl sites for hydroxylation is 1. The SMILES string of the molecule is Cc1cc(Cl)c(-c2nc(-c3ccc(OCC4CC4)cc3)nc(=O)[nH]2)cc1C(=O)O. The van der Waals surface area contributed by atoms with Gasteiger partial charge in [0.25, 0.3) is 0 Å². The van der Waals surface area contributed by atoms with Crippen molar-refractivity contribution in [1.29, 1.82) is 0 Å². The quantitative estimate of drug-likeness (QED) is 0.636. The average molecular weight is 412 g/mol. The number of halogens is 1. The zero-order valence-electron chi connectivity index (χ0n) is 15.6. The molecule has 0 spiro atoms. The molecule has 29 heavy (non-hydrogen) atoms. The third-order valence-corrected chi connectivity index (χ3v) is 5.06. The minimum Gasteiger partial charge on any atom is -0.493 e. The largest absolute Gasteiger partial charge is 0.493 e. The van der Waals surface area contributed by atoms with Crippen LogP contribution in [0, 0.1) is 12.8 Å². The number of ether oxygens (including phenoxy) is 1. The Morgan fingerprint density at radius 3 is 2.62 bits per heavy atom. The maximum absolute atomic E-state index is 12.1. The van der Waals surface area contributed by atoms with Crippen LogP contribution in [0.1, 0.15) is 28.8 Å². The lowest BCUT2D eigenvalue weighted by atomic mass is 10.0. The molecule has 0 amide bonds. The van der Waals surface area contributed by atoms with E-state index in [0.717, 1.165) is 5.75 Å². The second kappa shape index (κ2) is 7.67. The predicted octanol–water partition coefficient (Wildman–Crippen LogP) is 3.95. The van der Waals surface area contributed by atoms with Gasteiger partial charge in [0.2, 0.25) is 0 Å². The van der Waals surface area contributed by atoms with E-state index < -0.39 is 11.7 Å². The number of rotatable bonds is 6. The maximum atomic E-state index is 12.1. The van der Waals surface area contributed by atoms with E-state index in [-0.39, 0.29) is 22.2 Å². The lowest BCUT2D eigenvalue weighted by molar-refractivity contribution is 0.0696. The summed E-state index contributed by atoms with van der Waals surface area (Å²) in [6.45, 7) is 2.36. The third kappa shape index (κ3) is 4.30. The first-order chi connectivity index (χ1) is 13.9. The minimum atomic E-state index is -1.08. The van der Waals surface area contributed by atoms with Crippen LogP contribution < -0.4 is 10.4 Å². The monoisotopic (exact) mass is 411 g/mol. The number of nitrogens with zero attached hydrogens (tertiary/aromatic N) is 2. The maximum Gasteiger partial charge on any atom is 0.348 e. The first-order valence-corrected chi connectivity index (χ1v) is 9.54. The lowest BCUT2D eigenvalue weighted by Gasteiger charge is -2.09. The number of H-pyrrole nitrogens is 1. The summed E-state index contributed by atoms with van der Waals surface area (Å²) >= 11 is 6.29. The van der Waals surface area contributed by atoms with Crippen LogP contribution in [0.25, 0.3) is 22.8 Å². The van der Waals surface area contributed by atoms with Gasteiger partial charge in [-0.25, -0.2) is 14.6 Å². The fraction of sp³-hybridized carbons (Fsp3) is 0.238. The summed E-state index contributed by atoms with van der Waals surface area (Å²) < 4.78 is 5.72. The molecule has 1 fully saturated rings. The van der Waals surface area contributed by atoms with Crippen LogP contribution in [-0.4, -0.2) is 32.6 Å². The van der Waals surface area contributed by atoms with E-state index >= 15 is 0 Å². The number of carboxylic acids is 1. The van der Waals surface area contributed by atoms with Gasteiger partial charge in [-0.3, -0.25) is 4.98 Å². The highest BCUT2D eigenvalue weighted by atomic mass is 35.5. The highest BCUT2D eigenvalue weighted by Gasteiger charge is 2.22. The molecular weight excluding hydrogens is 394 g/mol. The summed E-state index contributed by atoms with van der Waals surface area (Å²) in [6, 6.07) is 10.1. The van der Waals surface area contributed by atoms with Gasteiger partial charge in [-0.15, -0.1) is 0 Å². The molecule has 1 aromatic heterocycles. The molecule has 3 aromatic rings. The molecule has 7 nitrogen and oxygen atoms in total. The van der Waals surface area contributed by atoms with E-state index in [2.05, 4.69) is 15.0 Å². The zero-order valence-corrected chi connectivity index (χ0v) is 16.4. The van der Waals surface area contributed by atoms with Gasteiger partial charge < -0.3 is 9.84 Å². The van der Waals surface area contributed by atoms with E-state index in [1.165, 1.54) is 25.0 Å². The van der Waals surface area contributed by atoms with E-state index in [9.17, 15) is 14.7 Å². The highest BCUT2D eigenvalue weighted by Crippen LogP contribution is 2.31. The topological polar surface area (TPSA) is 105 Å². The summed E-state index contributed by atoms with van der Waals surface area (Å²) in [5.74, 6) is 0.688. The summed E-state index contributed by atoms with van der Waals surface area (Å²) in [7, 11) is 0. The Morgan fingerprint density at radius 2 is 1.97 bits per heavy atom. The van der Waals surface area contributed by atoms with Gasteiger partial charge in [0.1, 0.15) is 11.6 Å². The molecule has 0 radical (unpaired) electrons. The van der Waals surface area contributed by atoms with Gasteiger partial charge in [-0.05, 0) is 67.6 Å². The van der Waals surface area contributed by atoms with E-state index in [0.29, 0.717) is 29.2 Å². The Balaban J connectivity index is 1.68. The first kappa shape index (κ1) is 19.1. The number of benzene rings is 2. The van der Waals surface area contributed by atoms with Gasteiger partial charge >= 0.3 is 11.7 Å². The fourth-order valence-corrected chi connectivity index (χ4v) is 3.23. The molecule has 0 saturated heterocycles. The summed E-state index contributed by atoms with van der Waals surface area (Å²) in [6.07, 6.45) is 2.43. The minimum absolute atomic E-state index is 0.0857. The molecule has 1 aliphatic rings. The fourth-order valence-electron chi connectivity index (χ4n) is 2.92. The van der Waals surface area contributed by atoms with Gasteiger partial charge in [0.05, 0.1) is 17.2 Å². The van der Waals surface area contributed by atoms with Gasteiger partial charge in [-0.1, -0.05) is 11.6 Å². The summed E-state index contributed by atoms with van der Waals surface area (Å²) in [5, 5.41) is 9.65. The molecule has 0 aliphatic heterocycles. The second-order valence-corrected chi connectivity index (χ2v) is 7.46. The van der Waals surface area contributed by atoms with Crippen molar-refractivity contribution >= 4 is 17.6 Å². The van der Waals surface area contributed by atoms with E-state index in [1.807, 2.05) is 12.1 Å².